The second-order valence-corrected chi connectivity index (χ2v) is 7.03. The Labute approximate surface area is 177 Å². The van der Waals surface area contributed by atoms with Gasteiger partial charge in [-0.05, 0) is 36.2 Å². The molecule has 30 heavy (non-hydrogen) atoms. The van der Waals surface area contributed by atoms with E-state index in [2.05, 4.69) is 28.8 Å². The van der Waals surface area contributed by atoms with Crippen molar-refractivity contribution in [2.45, 2.75) is 26.4 Å². The molecule has 3 aromatic rings. The van der Waals surface area contributed by atoms with E-state index in [4.69, 9.17) is 20.8 Å². The second kappa shape index (κ2) is 8.38. The van der Waals surface area contributed by atoms with E-state index in [1.165, 1.54) is 5.56 Å². The summed E-state index contributed by atoms with van der Waals surface area (Å²) in [5.41, 5.74) is 4.88. The first kappa shape index (κ1) is 19.7. The van der Waals surface area contributed by atoms with Gasteiger partial charge in [0.2, 0.25) is 6.54 Å². The lowest BCUT2D eigenvalue weighted by atomic mass is 10.0. The SMILES string of the molecule is [C-]#[N+]Cc1c(OC)ccc2c1Oc1c(ccc(OC)c1CC)N2Cc1ccccc1. The summed E-state index contributed by atoms with van der Waals surface area (Å²) < 4.78 is 17.6. The second-order valence-electron chi connectivity index (χ2n) is 7.03. The molecule has 0 saturated heterocycles. The van der Waals surface area contributed by atoms with Crippen molar-refractivity contribution in [3.8, 4) is 23.0 Å². The fourth-order valence-electron chi connectivity index (χ4n) is 3.96. The standard InChI is InChI=1S/C25H24N2O3/c1-5-18-22(28-3)13-11-20-24(18)30-25-19(15-26-2)23(29-4)14-12-21(25)27(20)16-17-9-7-6-8-10-17/h6-14H,5,15-16H2,1,3-4H3. The van der Waals surface area contributed by atoms with Gasteiger partial charge >= 0.3 is 0 Å². The summed E-state index contributed by atoms with van der Waals surface area (Å²) in [6.45, 7) is 10.4. The number of hydrogen-bond acceptors (Lipinski definition) is 4. The van der Waals surface area contributed by atoms with Crippen LogP contribution in [0.1, 0.15) is 23.6 Å². The van der Waals surface area contributed by atoms with Crippen molar-refractivity contribution in [3.63, 3.8) is 0 Å². The van der Waals surface area contributed by atoms with Crippen molar-refractivity contribution < 1.29 is 14.2 Å². The molecule has 0 aromatic heterocycles. The van der Waals surface area contributed by atoms with Gasteiger partial charge in [0.15, 0.2) is 11.5 Å². The normalized spacial score (nSPS) is 11.7. The topological polar surface area (TPSA) is 35.3 Å². The van der Waals surface area contributed by atoms with Crippen LogP contribution in [0.15, 0.2) is 54.6 Å². The minimum absolute atomic E-state index is 0.187. The van der Waals surface area contributed by atoms with E-state index in [1.54, 1.807) is 14.2 Å². The zero-order valence-corrected chi connectivity index (χ0v) is 17.4. The predicted molar refractivity (Wildman–Crippen MR) is 118 cm³/mol. The number of methoxy groups -OCH3 is 2. The lowest BCUT2D eigenvalue weighted by Gasteiger charge is -2.35. The first-order valence-electron chi connectivity index (χ1n) is 9.94. The number of rotatable bonds is 6. The first-order chi connectivity index (χ1) is 14.7. The van der Waals surface area contributed by atoms with Crippen LogP contribution in [0.3, 0.4) is 0 Å². The monoisotopic (exact) mass is 400 g/mol. The van der Waals surface area contributed by atoms with Gasteiger partial charge in [-0.1, -0.05) is 37.3 Å². The number of anilines is 2. The van der Waals surface area contributed by atoms with Crippen molar-refractivity contribution in [3.05, 3.63) is 82.7 Å². The maximum Gasteiger partial charge on any atom is 0.247 e. The molecule has 4 rings (SSSR count). The summed E-state index contributed by atoms with van der Waals surface area (Å²) in [4.78, 5) is 5.86. The molecule has 0 fully saturated rings. The van der Waals surface area contributed by atoms with E-state index in [-0.39, 0.29) is 6.54 Å². The molecule has 1 aliphatic rings. The van der Waals surface area contributed by atoms with Gasteiger partial charge in [0.05, 0.1) is 25.6 Å². The van der Waals surface area contributed by atoms with Crippen molar-refractivity contribution in [2.24, 2.45) is 0 Å². The van der Waals surface area contributed by atoms with Crippen molar-refractivity contribution >= 4 is 11.4 Å². The van der Waals surface area contributed by atoms with Crippen LogP contribution in [0.2, 0.25) is 0 Å². The number of hydrogen-bond donors (Lipinski definition) is 0. The highest BCUT2D eigenvalue weighted by molar-refractivity contribution is 5.82. The molecule has 5 heteroatoms. The molecule has 1 aliphatic heterocycles. The van der Waals surface area contributed by atoms with Crippen LogP contribution in [0.25, 0.3) is 4.85 Å². The van der Waals surface area contributed by atoms with Crippen LogP contribution in [-0.2, 0) is 19.5 Å². The average molecular weight is 400 g/mol. The number of fused-ring (bicyclic) bond motifs is 2. The summed E-state index contributed by atoms with van der Waals surface area (Å²) in [6.07, 6.45) is 0.767. The lowest BCUT2D eigenvalue weighted by molar-refractivity contribution is 0.393. The highest BCUT2D eigenvalue weighted by Gasteiger charge is 2.31. The van der Waals surface area contributed by atoms with Gasteiger partial charge in [-0.2, -0.15) is 0 Å². The van der Waals surface area contributed by atoms with Crippen molar-refractivity contribution in [1.29, 1.82) is 0 Å². The molecule has 152 valence electrons. The molecule has 0 saturated carbocycles. The van der Waals surface area contributed by atoms with Crippen LogP contribution in [0.5, 0.6) is 23.0 Å². The fraction of sp³-hybridized carbons (Fsp3) is 0.240. The quantitative estimate of drug-likeness (QED) is 0.466. The molecule has 5 nitrogen and oxygen atoms in total. The molecule has 0 radical (unpaired) electrons. The minimum atomic E-state index is 0.187. The van der Waals surface area contributed by atoms with Crippen molar-refractivity contribution in [1.82, 2.24) is 0 Å². The van der Waals surface area contributed by atoms with E-state index in [0.29, 0.717) is 18.0 Å². The Bertz CT molecular complexity index is 1100. The van der Waals surface area contributed by atoms with Gasteiger partial charge in [-0.15, -0.1) is 0 Å². The summed E-state index contributed by atoms with van der Waals surface area (Å²) >= 11 is 0. The third kappa shape index (κ3) is 3.31. The Morgan fingerprint density at radius 1 is 0.867 bits per heavy atom. The van der Waals surface area contributed by atoms with E-state index in [0.717, 1.165) is 40.4 Å². The number of ether oxygens (including phenoxy) is 3. The van der Waals surface area contributed by atoms with Crippen LogP contribution in [0.4, 0.5) is 11.4 Å². The Hall–Kier alpha value is -3.65. The largest absolute Gasteiger partial charge is 0.496 e. The Morgan fingerprint density at radius 3 is 2.03 bits per heavy atom. The van der Waals surface area contributed by atoms with Gasteiger partial charge in [0.25, 0.3) is 0 Å². The Kier molecular flexibility index (Phi) is 5.49. The van der Waals surface area contributed by atoms with Crippen LogP contribution < -0.4 is 19.1 Å². The van der Waals surface area contributed by atoms with Gasteiger partial charge in [-0.25, -0.2) is 6.57 Å². The summed E-state index contributed by atoms with van der Waals surface area (Å²) in [5, 5.41) is 0. The van der Waals surface area contributed by atoms with Crippen LogP contribution >= 0.6 is 0 Å². The molecule has 0 bridgehead atoms. The van der Waals surface area contributed by atoms with Gasteiger partial charge < -0.3 is 24.0 Å². The van der Waals surface area contributed by atoms with Crippen molar-refractivity contribution in [2.75, 3.05) is 19.1 Å². The first-order valence-corrected chi connectivity index (χ1v) is 9.94. The summed E-state index contributed by atoms with van der Waals surface area (Å²) in [6, 6.07) is 18.3. The minimum Gasteiger partial charge on any atom is -0.496 e. The molecule has 0 unspecified atom stereocenters. The summed E-state index contributed by atoms with van der Waals surface area (Å²) in [7, 11) is 3.29. The van der Waals surface area contributed by atoms with Crippen LogP contribution in [-0.4, -0.2) is 14.2 Å². The Morgan fingerprint density at radius 2 is 1.47 bits per heavy atom. The highest BCUT2D eigenvalue weighted by Crippen LogP contribution is 2.53. The molecule has 0 amide bonds. The van der Waals surface area contributed by atoms with Gasteiger partial charge in [0.1, 0.15) is 17.1 Å². The molecule has 0 N–H and O–H groups in total. The van der Waals surface area contributed by atoms with E-state index in [9.17, 15) is 0 Å². The average Bonchev–Trinajstić information content (AvgIpc) is 2.79. The Balaban J connectivity index is 1.95. The van der Waals surface area contributed by atoms with E-state index in [1.807, 2.05) is 42.5 Å². The zero-order valence-electron chi connectivity index (χ0n) is 17.4. The molecular weight excluding hydrogens is 376 g/mol. The maximum absolute atomic E-state index is 7.43. The molecule has 3 aromatic carbocycles. The third-order valence-corrected chi connectivity index (χ3v) is 5.39. The number of nitrogens with zero attached hydrogens (tertiary/aromatic N) is 2. The van der Waals surface area contributed by atoms with Crippen LogP contribution in [0, 0.1) is 6.57 Å². The van der Waals surface area contributed by atoms with E-state index >= 15 is 0 Å². The number of benzene rings is 3. The van der Waals surface area contributed by atoms with E-state index < -0.39 is 0 Å². The molecular formula is C25H24N2O3. The maximum atomic E-state index is 7.43. The molecule has 0 spiro atoms. The molecule has 0 atom stereocenters. The molecule has 1 heterocycles. The molecule has 0 aliphatic carbocycles. The zero-order chi connectivity index (χ0) is 21.1. The van der Waals surface area contributed by atoms with Gasteiger partial charge in [-0.3, -0.25) is 0 Å². The highest BCUT2D eigenvalue weighted by atomic mass is 16.5. The fourth-order valence-corrected chi connectivity index (χ4v) is 3.96. The third-order valence-electron chi connectivity index (χ3n) is 5.39. The lowest BCUT2D eigenvalue weighted by Crippen LogP contribution is -2.22. The van der Waals surface area contributed by atoms with Gasteiger partial charge in [0, 0.05) is 12.1 Å². The smallest absolute Gasteiger partial charge is 0.247 e. The summed E-state index contributed by atoms with van der Waals surface area (Å²) in [5.74, 6) is 2.92. The predicted octanol–water partition coefficient (Wildman–Crippen LogP) is 6.13.